The first-order valence-electron chi connectivity index (χ1n) is 8.96. The molecule has 160 valence electrons. The SMILES string of the molecule is CCN1CCN(C(=O)NC(CC(=O)NC)C(=O)NC2(OC)CNC2=O)C(=O)C1=O. The van der Waals surface area contributed by atoms with Crippen molar-refractivity contribution in [3.8, 4) is 0 Å². The maximum absolute atomic E-state index is 12.6. The summed E-state index contributed by atoms with van der Waals surface area (Å²) in [5.74, 6) is -3.85. The summed E-state index contributed by atoms with van der Waals surface area (Å²) in [5.41, 5.74) is -1.60. The number of nitrogens with one attached hydrogen (secondary N) is 4. The average Bonchev–Trinajstić information content (AvgIpc) is 2.71. The number of rotatable bonds is 7. The van der Waals surface area contributed by atoms with Crippen molar-refractivity contribution in [2.45, 2.75) is 25.1 Å². The Hall–Kier alpha value is -3.22. The lowest BCUT2D eigenvalue weighted by Crippen LogP contribution is -2.75. The van der Waals surface area contributed by atoms with Gasteiger partial charge in [-0.2, -0.15) is 0 Å². The number of amides is 7. The van der Waals surface area contributed by atoms with Crippen LogP contribution in [0.4, 0.5) is 4.79 Å². The first kappa shape index (κ1) is 22.1. The van der Waals surface area contributed by atoms with Gasteiger partial charge in [-0.1, -0.05) is 0 Å². The summed E-state index contributed by atoms with van der Waals surface area (Å²) in [6.45, 7) is 2.15. The Morgan fingerprint density at radius 1 is 1.21 bits per heavy atom. The predicted octanol–water partition coefficient (Wildman–Crippen LogP) is -3.52. The van der Waals surface area contributed by atoms with E-state index < -0.39 is 53.8 Å². The van der Waals surface area contributed by atoms with Gasteiger partial charge in [-0.05, 0) is 6.92 Å². The van der Waals surface area contributed by atoms with Crippen LogP contribution in [0.5, 0.6) is 0 Å². The second-order valence-electron chi connectivity index (χ2n) is 6.42. The van der Waals surface area contributed by atoms with Crippen molar-refractivity contribution in [2.24, 2.45) is 0 Å². The molecule has 2 rings (SSSR count). The molecule has 0 aromatic carbocycles. The molecule has 13 heteroatoms. The summed E-state index contributed by atoms with van der Waals surface area (Å²) in [5, 5.41) is 9.38. The first-order chi connectivity index (χ1) is 13.7. The number of urea groups is 1. The number of likely N-dealkylation sites (N-methyl/N-ethyl adjacent to an activating group) is 1. The fourth-order valence-corrected chi connectivity index (χ4v) is 2.82. The summed E-state index contributed by atoms with van der Waals surface area (Å²) in [6, 6.07) is -2.40. The van der Waals surface area contributed by atoms with Crippen LogP contribution in [0.2, 0.25) is 0 Å². The maximum atomic E-state index is 12.6. The molecule has 0 radical (unpaired) electrons. The summed E-state index contributed by atoms with van der Waals surface area (Å²) < 4.78 is 5.04. The predicted molar refractivity (Wildman–Crippen MR) is 95.9 cm³/mol. The van der Waals surface area contributed by atoms with E-state index >= 15 is 0 Å². The largest absolute Gasteiger partial charge is 0.359 e. The second kappa shape index (κ2) is 8.86. The quantitative estimate of drug-likeness (QED) is 0.191. The lowest BCUT2D eigenvalue weighted by molar-refractivity contribution is -0.167. The zero-order valence-electron chi connectivity index (χ0n) is 16.4. The fraction of sp³-hybridized carbons (Fsp3) is 0.625. The number of ether oxygens (including phenoxy) is 1. The van der Waals surface area contributed by atoms with E-state index in [9.17, 15) is 28.8 Å². The Morgan fingerprint density at radius 3 is 2.38 bits per heavy atom. The molecule has 0 bridgehead atoms. The third kappa shape index (κ3) is 4.45. The van der Waals surface area contributed by atoms with E-state index in [0.717, 1.165) is 0 Å². The summed E-state index contributed by atoms with van der Waals surface area (Å²) in [4.78, 5) is 74.7. The standard InChI is InChI=1S/C16H24N6O7/c1-4-21-5-6-22(13(26)12(21)25)15(28)19-9(7-10(23)17-2)11(24)20-16(29-3)8-18-14(16)27/h9H,4-8H2,1-3H3,(H,17,23)(H,18,27)(H,19,28)(H,20,24). The van der Waals surface area contributed by atoms with Gasteiger partial charge in [0.15, 0.2) is 0 Å². The molecule has 29 heavy (non-hydrogen) atoms. The molecule has 7 amide bonds. The number of imide groups is 1. The number of nitrogens with zero attached hydrogens (tertiary/aromatic N) is 2. The molecule has 4 N–H and O–H groups in total. The summed E-state index contributed by atoms with van der Waals surface area (Å²) in [7, 11) is 2.57. The minimum absolute atomic E-state index is 0.0146. The number of piperazine rings is 1. The highest BCUT2D eigenvalue weighted by atomic mass is 16.5. The molecule has 2 heterocycles. The molecule has 0 aromatic rings. The van der Waals surface area contributed by atoms with Gasteiger partial charge in [-0.25, -0.2) is 4.79 Å². The first-order valence-corrected chi connectivity index (χ1v) is 8.96. The van der Waals surface area contributed by atoms with Crippen LogP contribution in [0.1, 0.15) is 13.3 Å². The monoisotopic (exact) mass is 412 g/mol. The molecule has 2 aliphatic rings. The van der Waals surface area contributed by atoms with Gasteiger partial charge in [0, 0.05) is 33.8 Å². The average molecular weight is 412 g/mol. The van der Waals surface area contributed by atoms with Crippen molar-refractivity contribution in [1.82, 2.24) is 31.1 Å². The second-order valence-corrected chi connectivity index (χ2v) is 6.42. The van der Waals surface area contributed by atoms with E-state index in [1.54, 1.807) is 6.92 Å². The normalized spacial score (nSPS) is 22.4. The van der Waals surface area contributed by atoms with Gasteiger partial charge >= 0.3 is 17.8 Å². The molecule has 2 aliphatic heterocycles. The molecule has 0 aliphatic carbocycles. The maximum Gasteiger partial charge on any atom is 0.325 e. The van der Waals surface area contributed by atoms with Gasteiger partial charge in [0.2, 0.25) is 17.5 Å². The van der Waals surface area contributed by atoms with Crippen LogP contribution in [-0.4, -0.2) is 97.5 Å². The van der Waals surface area contributed by atoms with Crippen molar-refractivity contribution < 1.29 is 33.5 Å². The highest BCUT2D eigenvalue weighted by molar-refractivity contribution is 6.38. The van der Waals surface area contributed by atoms with Crippen molar-refractivity contribution >= 4 is 35.6 Å². The molecule has 2 fully saturated rings. The molecule has 2 unspecified atom stereocenters. The molecule has 13 nitrogen and oxygen atoms in total. The minimum atomic E-state index is -1.60. The van der Waals surface area contributed by atoms with E-state index in [4.69, 9.17) is 4.74 Å². The van der Waals surface area contributed by atoms with Crippen LogP contribution >= 0.6 is 0 Å². The Morgan fingerprint density at radius 2 is 1.90 bits per heavy atom. The van der Waals surface area contributed by atoms with Crippen LogP contribution in [0, 0.1) is 0 Å². The van der Waals surface area contributed by atoms with Crippen LogP contribution < -0.4 is 21.3 Å². The van der Waals surface area contributed by atoms with Gasteiger partial charge < -0.3 is 30.9 Å². The zero-order chi connectivity index (χ0) is 21.8. The lowest BCUT2D eigenvalue weighted by atomic mass is 10.0. The molecule has 2 atom stereocenters. The Labute approximate surface area is 166 Å². The Kier molecular flexibility index (Phi) is 6.74. The number of β-lactam (4-membered cyclic amide) rings is 1. The van der Waals surface area contributed by atoms with E-state index in [-0.39, 0.29) is 19.6 Å². The van der Waals surface area contributed by atoms with Crippen LogP contribution in [0.15, 0.2) is 0 Å². The highest BCUT2D eigenvalue weighted by Gasteiger charge is 2.49. The number of carbonyl (C=O) groups is 6. The Balaban J connectivity index is 2.11. The third-order valence-electron chi connectivity index (χ3n) is 4.76. The number of methoxy groups -OCH3 is 1. The topological polar surface area (TPSA) is 166 Å². The number of hydrogen-bond donors (Lipinski definition) is 4. The summed E-state index contributed by atoms with van der Waals surface area (Å²) >= 11 is 0. The number of carbonyl (C=O) groups excluding carboxylic acids is 6. The van der Waals surface area contributed by atoms with Gasteiger partial charge in [-0.3, -0.25) is 28.9 Å². The molecule has 0 aromatic heterocycles. The third-order valence-corrected chi connectivity index (χ3v) is 4.76. The number of hydrogen-bond acceptors (Lipinski definition) is 7. The highest BCUT2D eigenvalue weighted by Crippen LogP contribution is 2.14. The van der Waals surface area contributed by atoms with Crippen LogP contribution in [0.3, 0.4) is 0 Å². The van der Waals surface area contributed by atoms with Gasteiger partial charge in [0.1, 0.15) is 6.04 Å². The lowest BCUT2D eigenvalue weighted by Gasteiger charge is -2.40. The van der Waals surface area contributed by atoms with Gasteiger partial charge in [0.05, 0.1) is 13.0 Å². The fourth-order valence-electron chi connectivity index (χ4n) is 2.82. The van der Waals surface area contributed by atoms with Crippen LogP contribution in [0.25, 0.3) is 0 Å². The van der Waals surface area contributed by atoms with Crippen molar-refractivity contribution in [3.05, 3.63) is 0 Å². The van der Waals surface area contributed by atoms with Crippen molar-refractivity contribution in [3.63, 3.8) is 0 Å². The minimum Gasteiger partial charge on any atom is -0.359 e. The van der Waals surface area contributed by atoms with E-state index in [1.807, 2.05) is 0 Å². The van der Waals surface area contributed by atoms with E-state index in [1.165, 1.54) is 19.1 Å². The van der Waals surface area contributed by atoms with Crippen molar-refractivity contribution in [1.29, 1.82) is 0 Å². The van der Waals surface area contributed by atoms with Gasteiger partial charge in [-0.15, -0.1) is 0 Å². The summed E-state index contributed by atoms with van der Waals surface area (Å²) in [6.07, 6.45) is -0.452. The molecule has 0 spiro atoms. The molecular weight excluding hydrogens is 388 g/mol. The van der Waals surface area contributed by atoms with Crippen molar-refractivity contribution in [2.75, 3.05) is 40.3 Å². The molecule has 0 saturated carbocycles. The van der Waals surface area contributed by atoms with E-state index in [0.29, 0.717) is 11.4 Å². The van der Waals surface area contributed by atoms with Crippen LogP contribution in [-0.2, 0) is 28.7 Å². The van der Waals surface area contributed by atoms with E-state index in [2.05, 4.69) is 21.3 Å². The molecular formula is C16H24N6O7. The zero-order valence-corrected chi connectivity index (χ0v) is 16.4. The van der Waals surface area contributed by atoms with Gasteiger partial charge in [0.25, 0.3) is 5.91 Å². The molecule has 2 saturated heterocycles. The smallest absolute Gasteiger partial charge is 0.325 e. The Bertz CT molecular complexity index is 737.